The van der Waals surface area contributed by atoms with Gasteiger partial charge in [0, 0.05) is 19.3 Å². The van der Waals surface area contributed by atoms with Crippen LogP contribution in [0, 0.1) is 5.82 Å². The summed E-state index contributed by atoms with van der Waals surface area (Å²) in [6.45, 7) is 3.45. The molecule has 1 aromatic rings. The highest BCUT2D eigenvalue weighted by Crippen LogP contribution is 2.18. The minimum Gasteiger partial charge on any atom is -0.399 e. The van der Waals surface area contributed by atoms with E-state index in [0.29, 0.717) is 0 Å². The van der Waals surface area contributed by atoms with Gasteiger partial charge in [0.1, 0.15) is 10.7 Å². The highest BCUT2D eigenvalue weighted by Gasteiger charge is 2.24. The first-order valence-corrected chi connectivity index (χ1v) is 6.76. The van der Waals surface area contributed by atoms with E-state index in [1.807, 2.05) is 0 Å². The number of nitrogens with one attached hydrogen (secondary N) is 1. The van der Waals surface area contributed by atoms with Crippen LogP contribution in [-0.2, 0) is 14.8 Å². The maximum atomic E-state index is 13.5. The molecule has 1 aromatic carbocycles. The number of sulfonamides is 1. The SMILES string of the molecule is COC(C)(C)CNS(=O)(=O)c1cc(N)ccc1F. The van der Waals surface area contributed by atoms with Gasteiger partial charge in [-0.05, 0) is 32.0 Å². The third-order valence-corrected chi connectivity index (χ3v) is 3.90. The topological polar surface area (TPSA) is 81.4 Å². The van der Waals surface area contributed by atoms with Crippen molar-refractivity contribution in [2.45, 2.75) is 24.3 Å². The van der Waals surface area contributed by atoms with Gasteiger partial charge in [0.25, 0.3) is 0 Å². The molecule has 0 amide bonds. The summed E-state index contributed by atoms with van der Waals surface area (Å²) in [6.07, 6.45) is 0. The Morgan fingerprint density at radius 1 is 1.44 bits per heavy atom. The van der Waals surface area contributed by atoms with Crippen LogP contribution in [0.15, 0.2) is 23.1 Å². The van der Waals surface area contributed by atoms with Crippen molar-refractivity contribution in [2.75, 3.05) is 19.4 Å². The first kappa shape index (κ1) is 14.9. The molecule has 102 valence electrons. The van der Waals surface area contributed by atoms with E-state index in [4.69, 9.17) is 10.5 Å². The summed E-state index contributed by atoms with van der Waals surface area (Å²) in [6, 6.07) is 3.40. The van der Waals surface area contributed by atoms with Gasteiger partial charge in [-0.25, -0.2) is 17.5 Å². The van der Waals surface area contributed by atoms with Crippen LogP contribution < -0.4 is 10.5 Å². The Labute approximate surface area is 106 Å². The first-order chi connectivity index (χ1) is 8.18. The number of anilines is 1. The molecule has 0 aromatic heterocycles. The van der Waals surface area contributed by atoms with E-state index in [9.17, 15) is 12.8 Å². The molecule has 7 heteroatoms. The van der Waals surface area contributed by atoms with Crippen molar-refractivity contribution < 1.29 is 17.5 Å². The molecule has 0 bridgehead atoms. The Balaban J connectivity index is 2.97. The second kappa shape index (κ2) is 5.21. The normalized spacial score (nSPS) is 12.7. The van der Waals surface area contributed by atoms with Crippen molar-refractivity contribution in [1.29, 1.82) is 0 Å². The van der Waals surface area contributed by atoms with Crippen molar-refractivity contribution in [3.8, 4) is 0 Å². The standard InChI is InChI=1S/C11H17FN2O3S/c1-11(2,17-3)7-14-18(15,16)10-6-8(13)4-5-9(10)12/h4-6,14H,7,13H2,1-3H3. The van der Waals surface area contributed by atoms with Gasteiger partial charge in [-0.3, -0.25) is 0 Å². The molecule has 0 aliphatic heterocycles. The molecule has 18 heavy (non-hydrogen) atoms. The summed E-state index contributed by atoms with van der Waals surface area (Å²) in [5.41, 5.74) is 4.96. The van der Waals surface area contributed by atoms with Crippen LogP contribution in [-0.4, -0.2) is 27.7 Å². The number of nitrogens with two attached hydrogens (primary N) is 1. The third kappa shape index (κ3) is 3.66. The molecule has 0 spiro atoms. The lowest BCUT2D eigenvalue weighted by Gasteiger charge is -2.23. The van der Waals surface area contributed by atoms with Crippen molar-refractivity contribution in [3.63, 3.8) is 0 Å². The highest BCUT2D eigenvalue weighted by molar-refractivity contribution is 7.89. The predicted octanol–water partition coefficient (Wildman–Crippen LogP) is 1.11. The first-order valence-electron chi connectivity index (χ1n) is 5.28. The number of methoxy groups -OCH3 is 1. The number of hydrogen-bond donors (Lipinski definition) is 2. The number of rotatable bonds is 5. The Hall–Kier alpha value is -1.18. The number of nitrogen functional groups attached to an aromatic ring is 1. The zero-order valence-electron chi connectivity index (χ0n) is 10.5. The van der Waals surface area contributed by atoms with Crippen LogP contribution in [0.3, 0.4) is 0 Å². The monoisotopic (exact) mass is 276 g/mol. The minimum absolute atomic E-state index is 0.0278. The lowest BCUT2D eigenvalue weighted by molar-refractivity contribution is 0.0276. The van der Waals surface area contributed by atoms with Crippen LogP contribution in [0.25, 0.3) is 0 Å². The maximum absolute atomic E-state index is 13.5. The predicted molar refractivity (Wildman–Crippen MR) is 67.1 cm³/mol. The fourth-order valence-electron chi connectivity index (χ4n) is 1.14. The molecule has 0 unspecified atom stereocenters. The van der Waals surface area contributed by atoms with Crippen LogP contribution in [0.5, 0.6) is 0 Å². The largest absolute Gasteiger partial charge is 0.399 e. The second-order valence-electron chi connectivity index (χ2n) is 4.48. The van der Waals surface area contributed by atoms with Gasteiger partial charge in [0.15, 0.2) is 0 Å². The van der Waals surface area contributed by atoms with Crippen LogP contribution in [0.2, 0.25) is 0 Å². The maximum Gasteiger partial charge on any atom is 0.243 e. The molecule has 0 aliphatic carbocycles. The summed E-state index contributed by atoms with van der Waals surface area (Å²) >= 11 is 0. The Morgan fingerprint density at radius 3 is 2.61 bits per heavy atom. The molecule has 0 fully saturated rings. The van der Waals surface area contributed by atoms with E-state index >= 15 is 0 Å². The zero-order chi connectivity index (χ0) is 14.0. The van der Waals surface area contributed by atoms with Gasteiger partial charge < -0.3 is 10.5 Å². The van der Waals surface area contributed by atoms with Crippen molar-refractivity contribution in [2.24, 2.45) is 0 Å². The lowest BCUT2D eigenvalue weighted by Crippen LogP contribution is -2.39. The van der Waals surface area contributed by atoms with Crippen LogP contribution >= 0.6 is 0 Å². The molecular formula is C11H17FN2O3S. The molecule has 0 heterocycles. The minimum atomic E-state index is -3.94. The van der Waals surface area contributed by atoms with Crippen molar-refractivity contribution >= 4 is 15.7 Å². The van der Waals surface area contributed by atoms with E-state index in [0.717, 1.165) is 12.1 Å². The van der Waals surface area contributed by atoms with Crippen molar-refractivity contribution in [1.82, 2.24) is 4.72 Å². The number of benzene rings is 1. The molecule has 0 atom stereocenters. The quantitative estimate of drug-likeness (QED) is 0.789. The number of halogens is 1. The van der Waals surface area contributed by atoms with Gasteiger partial charge in [-0.2, -0.15) is 0 Å². The fourth-order valence-corrected chi connectivity index (χ4v) is 2.45. The summed E-state index contributed by atoms with van der Waals surface area (Å²) in [5, 5.41) is 0. The molecule has 1 rings (SSSR count). The fraction of sp³-hybridized carbons (Fsp3) is 0.455. The van der Waals surface area contributed by atoms with Crippen LogP contribution in [0.4, 0.5) is 10.1 Å². The molecule has 0 saturated carbocycles. The molecule has 0 saturated heterocycles. The van der Waals surface area contributed by atoms with Gasteiger partial charge in [-0.15, -0.1) is 0 Å². The molecular weight excluding hydrogens is 259 g/mol. The summed E-state index contributed by atoms with van der Waals surface area (Å²) < 4.78 is 44.6. The molecule has 5 nitrogen and oxygen atoms in total. The number of ether oxygens (including phenoxy) is 1. The molecule has 0 radical (unpaired) electrons. The van der Waals surface area contributed by atoms with E-state index in [-0.39, 0.29) is 12.2 Å². The lowest BCUT2D eigenvalue weighted by atomic mass is 10.1. The van der Waals surface area contributed by atoms with Gasteiger partial charge in [-0.1, -0.05) is 0 Å². The van der Waals surface area contributed by atoms with Crippen LogP contribution in [0.1, 0.15) is 13.8 Å². The summed E-state index contributed by atoms with van der Waals surface area (Å²) in [5.74, 6) is -0.841. The smallest absolute Gasteiger partial charge is 0.243 e. The molecule has 3 N–H and O–H groups in total. The Bertz CT molecular complexity index is 529. The Morgan fingerprint density at radius 2 is 2.06 bits per heavy atom. The van der Waals surface area contributed by atoms with Crippen molar-refractivity contribution in [3.05, 3.63) is 24.0 Å². The zero-order valence-corrected chi connectivity index (χ0v) is 11.3. The summed E-state index contributed by atoms with van der Waals surface area (Å²) in [7, 11) is -2.47. The van der Waals surface area contributed by atoms with Gasteiger partial charge in [0.05, 0.1) is 5.60 Å². The average molecular weight is 276 g/mol. The highest BCUT2D eigenvalue weighted by atomic mass is 32.2. The third-order valence-electron chi connectivity index (χ3n) is 2.49. The van der Waals surface area contributed by atoms with E-state index in [2.05, 4.69) is 4.72 Å². The van der Waals surface area contributed by atoms with Gasteiger partial charge in [0.2, 0.25) is 10.0 Å². The van der Waals surface area contributed by atoms with Gasteiger partial charge >= 0.3 is 0 Å². The average Bonchev–Trinajstić information content (AvgIpc) is 2.30. The van der Waals surface area contributed by atoms with E-state index < -0.39 is 26.3 Å². The Kier molecular flexibility index (Phi) is 4.31. The van der Waals surface area contributed by atoms with E-state index in [1.54, 1.807) is 13.8 Å². The second-order valence-corrected chi connectivity index (χ2v) is 6.21. The molecule has 0 aliphatic rings. The summed E-state index contributed by atoms with van der Waals surface area (Å²) in [4.78, 5) is -0.464. The number of hydrogen-bond acceptors (Lipinski definition) is 4. The van der Waals surface area contributed by atoms with E-state index in [1.165, 1.54) is 13.2 Å².